The molecule has 1 amide bonds. The summed E-state index contributed by atoms with van der Waals surface area (Å²) in [5.41, 5.74) is 9.36. The second kappa shape index (κ2) is 7.93. The van der Waals surface area contributed by atoms with Crippen LogP contribution in [0.1, 0.15) is 48.8 Å². The van der Waals surface area contributed by atoms with Crippen molar-refractivity contribution in [3.05, 3.63) is 34.9 Å². The first-order valence-corrected chi connectivity index (χ1v) is 9.27. The van der Waals surface area contributed by atoms with Gasteiger partial charge in [-0.25, -0.2) is 0 Å². The van der Waals surface area contributed by atoms with Gasteiger partial charge in [-0.2, -0.15) is 0 Å². The summed E-state index contributed by atoms with van der Waals surface area (Å²) in [6, 6.07) is 6.56. The third-order valence-corrected chi connectivity index (χ3v) is 5.54. The quantitative estimate of drug-likeness (QED) is 0.840. The number of ketones is 1. The summed E-state index contributed by atoms with van der Waals surface area (Å²) >= 11 is 0. The molecule has 1 saturated heterocycles. The zero-order valence-corrected chi connectivity index (χ0v) is 14.4. The predicted octanol–water partition coefficient (Wildman–Crippen LogP) is 2.17. The van der Waals surface area contributed by atoms with Crippen LogP contribution in [0.4, 0.5) is 0 Å². The summed E-state index contributed by atoms with van der Waals surface area (Å²) in [5, 5.41) is 3.32. The molecule has 1 aliphatic carbocycles. The number of primary amides is 1. The first-order chi connectivity index (χ1) is 11.6. The summed E-state index contributed by atoms with van der Waals surface area (Å²) in [7, 11) is 0. The number of carbonyl (C=O) groups is 2. The van der Waals surface area contributed by atoms with Crippen molar-refractivity contribution in [1.82, 2.24) is 5.32 Å². The van der Waals surface area contributed by atoms with E-state index in [-0.39, 0.29) is 17.7 Å². The number of hydrogen-bond acceptors (Lipinski definition) is 3. The number of nitrogens with two attached hydrogens (primary N) is 1. The van der Waals surface area contributed by atoms with E-state index in [0.717, 1.165) is 58.0 Å². The van der Waals surface area contributed by atoms with E-state index in [1.165, 1.54) is 16.7 Å². The average Bonchev–Trinajstić information content (AvgIpc) is 2.61. The summed E-state index contributed by atoms with van der Waals surface area (Å²) in [6.07, 6.45) is 7.31. The van der Waals surface area contributed by atoms with E-state index in [1.54, 1.807) is 0 Å². The minimum Gasteiger partial charge on any atom is -0.369 e. The molecule has 130 valence electrons. The predicted molar refractivity (Wildman–Crippen MR) is 94.7 cm³/mol. The molecule has 3 rings (SSSR count). The minimum absolute atomic E-state index is 0.00919. The Bertz CT molecular complexity index is 606. The third kappa shape index (κ3) is 4.23. The van der Waals surface area contributed by atoms with Crippen molar-refractivity contribution in [2.45, 2.75) is 51.4 Å². The molecule has 1 aromatic rings. The van der Waals surface area contributed by atoms with Crippen LogP contribution in [0.15, 0.2) is 18.2 Å². The van der Waals surface area contributed by atoms with Crippen LogP contribution in [-0.2, 0) is 28.9 Å². The van der Waals surface area contributed by atoms with Gasteiger partial charge < -0.3 is 11.1 Å². The number of benzene rings is 1. The molecule has 0 spiro atoms. The SMILES string of the molecule is NC(=O)C1CCc2cc(CCCC(=O)C3CCCNC3)ccc2C1. The molecule has 4 nitrogen and oxygen atoms in total. The normalized spacial score (nSPS) is 23.5. The Balaban J connectivity index is 1.50. The summed E-state index contributed by atoms with van der Waals surface area (Å²) in [5.74, 6) is 0.461. The van der Waals surface area contributed by atoms with Crippen LogP contribution >= 0.6 is 0 Å². The molecular weight excluding hydrogens is 300 g/mol. The van der Waals surface area contributed by atoms with E-state index < -0.39 is 0 Å². The minimum atomic E-state index is -0.180. The molecule has 0 aromatic heterocycles. The molecule has 1 heterocycles. The fraction of sp³-hybridized carbons (Fsp3) is 0.600. The van der Waals surface area contributed by atoms with Gasteiger partial charge in [-0.05, 0) is 68.2 Å². The number of Topliss-reactive ketones (excluding diaryl/α,β-unsaturated/α-hetero) is 1. The van der Waals surface area contributed by atoms with Crippen LogP contribution < -0.4 is 11.1 Å². The molecule has 3 N–H and O–H groups in total. The summed E-state index contributed by atoms with van der Waals surface area (Å²) < 4.78 is 0. The van der Waals surface area contributed by atoms with Gasteiger partial charge in [0.05, 0.1) is 0 Å². The molecule has 2 atom stereocenters. The lowest BCUT2D eigenvalue weighted by molar-refractivity contribution is -0.123. The van der Waals surface area contributed by atoms with E-state index in [9.17, 15) is 9.59 Å². The fourth-order valence-corrected chi connectivity index (χ4v) is 4.00. The number of carbonyl (C=O) groups excluding carboxylic acids is 2. The van der Waals surface area contributed by atoms with Gasteiger partial charge >= 0.3 is 0 Å². The van der Waals surface area contributed by atoms with E-state index in [2.05, 4.69) is 23.5 Å². The highest BCUT2D eigenvalue weighted by Gasteiger charge is 2.23. The average molecular weight is 328 g/mol. The van der Waals surface area contributed by atoms with Crippen LogP contribution in [0.25, 0.3) is 0 Å². The van der Waals surface area contributed by atoms with E-state index >= 15 is 0 Å². The lowest BCUT2D eigenvalue weighted by atomic mass is 9.82. The van der Waals surface area contributed by atoms with Crippen molar-refractivity contribution in [1.29, 1.82) is 0 Å². The molecule has 1 aliphatic heterocycles. The highest BCUT2D eigenvalue weighted by atomic mass is 16.1. The van der Waals surface area contributed by atoms with Gasteiger partial charge in [-0.1, -0.05) is 18.2 Å². The van der Waals surface area contributed by atoms with Gasteiger partial charge in [-0.3, -0.25) is 9.59 Å². The first kappa shape index (κ1) is 17.2. The molecule has 24 heavy (non-hydrogen) atoms. The van der Waals surface area contributed by atoms with Gasteiger partial charge in [0.1, 0.15) is 5.78 Å². The van der Waals surface area contributed by atoms with Crippen molar-refractivity contribution >= 4 is 11.7 Å². The molecule has 1 fully saturated rings. The fourth-order valence-electron chi connectivity index (χ4n) is 4.00. The molecule has 2 aliphatic rings. The topological polar surface area (TPSA) is 72.2 Å². The van der Waals surface area contributed by atoms with Crippen molar-refractivity contribution in [3.8, 4) is 0 Å². The number of hydrogen-bond donors (Lipinski definition) is 2. The Hall–Kier alpha value is -1.68. The highest BCUT2D eigenvalue weighted by Crippen LogP contribution is 2.27. The number of aryl methyl sites for hydroxylation is 2. The maximum atomic E-state index is 12.2. The maximum absolute atomic E-state index is 12.2. The largest absolute Gasteiger partial charge is 0.369 e. The van der Waals surface area contributed by atoms with E-state index in [4.69, 9.17) is 5.73 Å². The second-order valence-electron chi connectivity index (χ2n) is 7.31. The molecule has 0 saturated carbocycles. The lowest BCUT2D eigenvalue weighted by Crippen LogP contribution is -2.34. The molecule has 0 radical (unpaired) electrons. The van der Waals surface area contributed by atoms with Crippen LogP contribution in [0.5, 0.6) is 0 Å². The Labute approximate surface area is 144 Å². The number of fused-ring (bicyclic) bond motifs is 1. The molecular formula is C20H28N2O2. The molecule has 1 aromatic carbocycles. The maximum Gasteiger partial charge on any atom is 0.220 e. The van der Waals surface area contributed by atoms with Crippen LogP contribution in [0.3, 0.4) is 0 Å². The van der Waals surface area contributed by atoms with Gasteiger partial charge in [0.2, 0.25) is 5.91 Å². The van der Waals surface area contributed by atoms with Crippen LogP contribution in [0, 0.1) is 11.8 Å². The van der Waals surface area contributed by atoms with Gasteiger partial charge in [0.15, 0.2) is 0 Å². The first-order valence-electron chi connectivity index (χ1n) is 9.27. The zero-order chi connectivity index (χ0) is 16.9. The van der Waals surface area contributed by atoms with E-state index in [1.807, 2.05) is 0 Å². The van der Waals surface area contributed by atoms with Crippen molar-refractivity contribution < 1.29 is 9.59 Å². The standard InChI is InChI=1S/C20H28N2O2/c21-20(24)17-9-8-15-11-14(6-7-16(15)12-17)3-1-5-19(23)18-4-2-10-22-13-18/h6-7,11,17-18,22H,1-5,8-10,12-13H2,(H2,21,24). The Morgan fingerprint density at radius 3 is 2.79 bits per heavy atom. The number of piperidine rings is 1. The summed E-state index contributed by atoms with van der Waals surface area (Å²) in [6.45, 7) is 1.91. The van der Waals surface area contributed by atoms with E-state index in [0.29, 0.717) is 12.2 Å². The third-order valence-electron chi connectivity index (χ3n) is 5.54. The Morgan fingerprint density at radius 1 is 1.17 bits per heavy atom. The second-order valence-corrected chi connectivity index (χ2v) is 7.31. The Morgan fingerprint density at radius 2 is 2.04 bits per heavy atom. The molecule has 0 bridgehead atoms. The molecule has 4 heteroatoms. The lowest BCUT2D eigenvalue weighted by Gasteiger charge is -2.23. The van der Waals surface area contributed by atoms with Crippen molar-refractivity contribution in [3.63, 3.8) is 0 Å². The van der Waals surface area contributed by atoms with Gasteiger partial charge in [0, 0.05) is 24.8 Å². The van der Waals surface area contributed by atoms with Gasteiger partial charge in [0.25, 0.3) is 0 Å². The van der Waals surface area contributed by atoms with Crippen molar-refractivity contribution in [2.75, 3.05) is 13.1 Å². The number of amides is 1. The van der Waals surface area contributed by atoms with Crippen LogP contribution in [0.2, 0.25) is 0 Å². The Kier molecular flexibility index (Phi) is 5.67. The monoisotopic (exact) mass is 328 g/mol. The zero-order valence-electron chi connectivity index (χ0n) is 14.4. The molecule has 2 unspecified atom stereocenters. The van der Waals surface area contributed by atoms with Gasteiger partial charge in [-0.15, -0.1) is 0 Å². The van der Waals surface area contributed by atoms with Crippen LogP contribution in [-0.4, -0.2) is 24.8 Å². The highest BCUT2D eigenvalue weighted by molar-refractivity contribution is 5.81. The number of rotatable bonds is 6. The van der Waals surface area contributed by atoms with Crippen molar-refractivity contribution in [2.24, 2.45) is 17.6 Å². The smallest absolute Gasteiger partial charge is 0.220 e. The summed E-state index contributed by atoms with van der Waals surface area (Å²) in [4.78, 5) is 23.6. The number of nitrogens with one attached hydrogen (secondary N) is 1.